The van der Waals surface area contributed by atoms with Crippen LogP contribution in [0.4, 0.5) is 5.95 Å². The maximum atomic E-state index is 11.9. The van der Waals surface area contributed by atoms with Crippen molar-refractivity contribution in [2.45, 2.75) is 46.8 Å². The van der Waals surface area contributed by atoms with Gasteiger partial charge >= 0.3 is 6.01 Å². The lowest BCUT2D eigenvalue weighted by atomic mass is 10.4. The third-order valence-electron chi connectivity index (χ3n) is 2.37. The van der Waals surface area contributed by atoms with Crippen molar-refractivity contribution in [2.75, 3.05) is 18.0 Å². The van der Waals surface area contributed by atoms with Gasteiger partial charge in [-0.25, -0.2) is 0 Å². The average Bonchev–Trinajstić information content (AvgIpc) is 2.33. The van der Waals surface area contributed by atoms with Crippen molar-refractivity contribution in [2.24, 2.45) is 0 Å². The van der Waals surface area contributed by atoms with E-state index in [2.05, 4.69) is 20.3 Å². The predicted molar refractivity (Wildman–Crippen MR) is 81.8 cm³/mol. The summed E-state index contributed by atoms with van der Waals surface area (Å²) in [6.45, 7) is 10.2. The molecule has 0 atom stereocenters. The fourth-order valence-electron chi connectivity index (χ4n) is 1.59. The maximum Gasteiger partial charge on any atom is 0.322 e. The van der Waals surface area contributed by atoms with Gasteiger partial charge in [-0.3, -0.25) is 4.79 Å². The number of nitrogens with zero attached hydrogens (tertiary/aromatic N) is 4. The Kier molecular flexibility index (Phi) is 6.61. The largest absolute Gasteiger partial charge is 0.461 e. The van der Waals surface area contributed by atoms with Crippen LogP contribution in [-0.2, 0) is 4.79 Å². The standard InChI is InChI=1S/C13H22ClN5O2/c1-6-19(7-10(20)15-8(2)3)12-16-11(14)17-13(18-12)21-9(4)5/h8-9H,6-7H2,1-5H3,(H,15,20). The van der Waals surface area contributed by atoms with E-state index in [0.717, 1.165) is 0 Å². The SMILES string of the molecule is CCN(CC(=O)NC(C)C)c1nc(Cl)nc(OC(C)C)n1. The summed E-state index contributed by atoms with van der Waals surface area (Å²) in [5.41, 5.74) is 0. The zero-order valence-corrected chi connectivity index (χ0v) is 13.8. The van der Waals surface area contributed by atoms with Crippen LogP contribution in [0, 0.1) is 0 Å². The maximum absolute atomic E-state index is 11.9. The number of halogens is 1. The normalized spacial score (nSPS) is 10.9. The van der Waals surface area contributed by atoms with E-state index in [-0.39, 0.29) is 35.9 Å². The molecule has 1 aromatic heterocycles. The van der Waals surface area contributed by atoms with E-state index >= 15 is 0 Å². The number of carbonyl (C=O) groups is 1. The number of nitrogens with one attached hydrogen (secondary N) is 1. The Morgan fingerprint density at radius 3 is 2.48 bits per heavy atom. The van der Waals surface area contributed by atoms with E-state index in [1.165, 1.54) is 0 Å². The average molecular weight is 316 g/mol. The topological polar surface area (TPSA) is 80.2 Å². The van der Waals surface area contributed by atoms with Gasteiger partial charge in [0.25, 0.3) is 0 Å². The predicted octanol–water partition coefficient (Wildman–Crippen LogP) is 1.66. The van der Waals surface area contributed by atoms with E-state index in [0.29, 0.717) is 12.5 Å². The zero-order chi connectivity index (χ0) is 16.0. The highest BCUT2D eigenvalue weighted by Crippen LogP contribution is 2.15. The van der Waals surface area contributed by atoms with E-state index in [1.54, 1.807) is 4.90 Å². The van der Waals surface area contributed by atoms with Crippen LogP contribution < -0.4 is 15.0 Å². The van der Waals surface area contributed by atoms with E-state index in [9.17, 15) is 4.79 Å². The number of aromatic nitrogens is 3. The van der Waals surface area contributed by atoms with Crippen LogP contribution in [0.3, 0.4) is 0 Å². The Morgan fingerprint density at radius 1 is 1.29 bits per heavy atom. The molecule has 1 aromatic rings. The van der Waals surface area contributed by atoms with E-state index in [1.807, 2.05) is 34.6 Å². The van der Waals surface area contributed by atoms with Crippen molar-refractivity contribution < 1.29 is 9.53 Å². The molecular formula is C13H22ClN5O2. The first-order chi connectivity index (χ1) is 9.81. The van der Waals surface area contributed by atoms with Crippen molar-refractivity contribution in [3.8, 4) is 6.01 Å². The molecule has 0 saturated heterocycles. The number of anilines is 1. The third-order valence-corrected chi connectivity index (χ3v) is 2.53. The summed E-state index contributed by atoms with van der Waals surface area (Å²) in [6, 6.07) is 0.237. The van der Waals surface area contributed by atoms with Crippen LogP contribution >= 0.6 is 11.6 Å². The molecule has 0 bridgehead atoms. The first kappa shape index (κ1) is 17.4. The van der Waals surface area contributed by atoms with Crippen LogP contribution in [0.2, 0.25) is 5.28 Å². The minimum Gasteiger partial charge on any atom is -0.461 e. The van der Waals surface area contributed by atoms with Crippen LogP contribution in [0.25, 0.3) is 0 Å². The number of likely N-dealkylation sites (N-methyl/N-ethyl adjacent to an activating group) is 1. The highest BCUT2D eigenvalue weighted by molar-refractivity contribution is 6.28. The summed E-state index contributed by atoms with van der Waals surface area (Å²) in [4.78, 5) is 25.7. The van der Waals surface area contributed by atoms with Crippen molar-refractivity contribution in [3.63, 3.8) is 0 Å². The Labute approximate surface area is 130 Å². The van der Waals surface area contributed by atoms with Gasteiger partial charge in [-0.2, -0.15) is 15.0 Å². The molecule has 0 radical (unpaired) electrons. The summed E-state index contributed by atoms with van der Waals surface area (Å²) < 4.78 is 5.43. The number of rotatable bonds is 7. The summed E-state index contributed by atoms with van der Waals surface area (Å²) in [7, 11) is 0. The molecule has 0 fully saturated rings. The molecule has 1 heterocycles. The number of carbonyl (C=O) groups excluding carboxylic acids is 1. The van der Waals surface area contributed by atoms with Gasteiger partial charge in [0.15, 0.2) is 0 Å². The molecule has 8 heteroatoms. The van der Waals surface area contributed by atoms with Crippen LogP contribution in [0.1, 0.15) is 34.6 Å². The molecule has 1 amide bonds. The third kappa shape index (κ3) is 6.12. The van der Waals surface area contributed by atoms with Gasteiger partial charge in [0.05, 0.1) is 12.6 Å². The lowest BCUT2D eigenvalue weighted by Gasteiger charge is -2.21. The molecule has 0 aliphatic carbocycles. The smallest absolute Gasteiger partial charge is 0.322 e. The molecule has 0 aliphatic rings. The van der Waals surface area contributed by atoms with Gasteiger partial charge in [0.2, 0.25) is 17.1 Å². The molecule has 7 nitrogen and oxygen atoms in total. The van der Waals surface area contributed by atoms with E-state index in [4.69, 9.17) is 16.3 Å². The number of hydrogen-bond acceptors (Lipinski definition) is 6. The fraction of sp³-hybridized carbons (Fsp3) is 0.692. The number of hydrogen-bond donors (Lipinski definition) is 1. The highest BCUT2D eigenvalue weighted by atomic mass is 35.5. The monoisotopic (exact) mass is 315 g/mol. The number of amides is 1. The molecule has 0 aromatic carbocycles. The molecule has 0 aliphatic heterocycles. The molecule has 118 valence electrons. The Hall–Kier alpha value is -1.63. The molecule has 0 spiro atoms. The highest BCUT2D eigenvalue weighted by Gasteiger charge is 2.16. The zero-order valence-electron chi connectivity index (χ0n) is 13.1. The summed E-state index contributed by atoms with van der Waals surface area (Å²) in [5, 5.41) is 2.86. The molecule has 0 saturated carbocycles. The molecule has 1 N–H and O–H groups in total. The van der Waals surface area contributed by atoms with Gasteiger partial charge in [0.1, 0.15) is 0 Å². The summed E-state index contributed by atoms with van der Waals surface area (Å²) >= 11 is 5.89. The second-order valence-electron chi connectivity index (χ2n) is 5.09. The quantitative estimate of drug-likeness (QED) is 0.824. The lowest BCUT2D eigenvalue weighted by molar-refractivity contribution is -0.120. The summed E-state index contributed by atoms with van der Waals surface area (Å²) in [6.07, 6.45) is -0.0735. The van der Waals surface area contributed by atoms with Crippen LogP contribution in [0.5, 0.6) is 6.01 Å². The van der Waals surface area contributed by atoms with Crippen molar-refractivity contribution in [1.82, 2.24) is 20.3 Å². The van der Waals surface area contributed by atoms with E-state index < -0.39 is 0 Å². The van der Waals surface area contributed by atoms with Gasteiger partial charge in [-0.15, -0.1) is 0 Å². The minimum absolute atomic E-state index is 0.0402. The van der Waals surface area contributed by atoms with Crippen molar-refractivity contribution >= 4 is 23.5 Å². The van der Waals surface area contributed by atoms with Gasteiger partial charge in [0, 0.05) is 12.6 Å². The Morgan fingerprint density at radius 2 is 1.95 bits per heavy atom. The van der Waals surface area contributed by atoms with Crippen LogP contribution in [0.15, 0.2) is 0 Å². The lowest BCUT2D eigenvalue weighted by Crippen LogP contribution is -2.40. The molecule has 0 unspecified atom stereocenters. The Bertz CT molecular complexity index is 482. The van der Waals surface area contributed by atoms with Gasteiger partial charge < -0.3 is 15.0 Å². The Balaban J connectivity index is 2.89. The summed E-state index contributed by atoms with van der Waals surface area (Å²) in [5.74, 6) is 0.224. The van der Waals surface area contributed by atoms with Gasteiger partial charge in [-0.1, -0.05) is 0 Å². The minimum atomic E-state index is -0.102. The first-order valence-corrected chi connectivity index (χ1v) is 7.32. The number of ether oxygens (including phenoxy) is 1. The second-order valence-corrected chi connectivity index (χ2v) is 5.43. The van der Waals surface area contributed by atoms with Crippen LogP contribution in [-0.4, -0.2) is 46.1 Å². The first-order valence-electron chi connectivity index (χ1n) is 6.94. The van der Waals surface area contributed by atoms with Gasteiger partial charge in [-0.05, 0) is 46.2 Å². The fourth-order valence-corrected chi connectivity index (χ4v) is 1.74. The molecule has 21 heavy (non-hydrogen) atoms. The molecular weight excluding hydrogens is 294 g/mol. The molecule has 1 rings (SSSR count). The second kappa shape index (κ2) is 7.97. The van der Waals surface area contributed by atoms with Crippen molar-refractivity contribution in [3.05, 3.63) is 5.28 Å². The van der Waals surface area contributed by atoms with Crippen molar-refractivity contribution in [1.29, 1.82) is 0 Å².